The van der Waals surface area contributed by atoms with E-state index in [4.69, 9.17) is 4.98 Å². The zero-order valence-corrected chi connectivity index (χ0v) is 13.7. The molecule has 0 aliphatic carbocycles. The van der Waals surface area contributed by atoms with Gasteiger partial charge in [-0.15, -0.1) is 0 Å². The molecule has 1 aromatic carbocycles. The number of hydrogen-bond acceptors (Lipinski definition) is 2. The van der Waals surface area contributed by atoms with Crippen molar-refractivity contribution in [3.63, 3.8) is 0 Å². The van der Waals surface area contributed by atoms with Crippen molar-refractivity contribution in [2.45, 2.75) is 65.0 Å². The number of unbranched alkanes of at least 4 members (excludes halogenated alkanes) is 3. The first kappa shape index (κ1) is 16.0. The van der Waals surface area contributed by atoms with Crippen LogP contribution in [-0.4, -0.2) is 22.6 Å². The van der Waals surface area contributed by atoms with Gasteiger partial charge < -0.3 is 9.88 Å². The molecule has 1 atom stereocenters. The van der Waals surface area contributed by atoms with Crippen molar-refractivity contribution in [3.8, 4) is 0 Å². The van der Waals surface area contributed by atoms with Crippen LogP contribution in [0.5, 0.6) is 0 Å². The SMILES string of the molecule is CCCCCCC(Cc1nc2ccccc2n1CC)NC. The molecule has 2 aromatic rings. The molecule has 0 fully saturated rings. The Morgan fingerprint density at radius 3 is 2.67 bits per heavy atom. The topological polar surface area (TPSA) is 29.9 Å². The lowest BCUT2D eigenvalue weighted by Gasteiger charge is -2.16. The molecule has 1 unspecified atom stereocenters. The average Bonchev–Trinajstić information content (AvgIpc) is 2.87. The summed E-state index contributed by atoms with van der Waals surface area (Å²) in [5.41, 5.74) is 2.38. The number of nitrogens with one attached hydrogen (secondary N) is 1. The molecule has 3 nitrogen and oxygen atoms in total. The summed E-state index contributed by atoms with van der Waals surface area (Å²) in [7, 11) is 2.07. The number of aryl methyl sites for hydroxylation is 1. The highest BCUT2D eigenvalue weighted by atomic mass is 15.1. The lowest BCUT2D eigenvalue weighted by Crippen LogP contribution is -2.28. The number of fused-ring (bicyclic) bond motifs is 1. The Morgan fingerprint density at radius 2 is 1.95 bits per heavy atom. The first-order valence-corrected chi connectivity index (χ1v) is 8.41. The number of benzene rings is 1. The molecule has 1 heterocycles. The molecule has 0 saturated heterocycles. The first-order chi connectivity index (χ1) is 10.3. The van der Waals surface area contributed by atoms with E-state index in [0.717, 1.165) is 18.5 Å². The minimum absolute atomic E-state index is 0.531. The van der Waals surface area contributed by atoms with Crippen molar-refractivity contribution >= 4 is 11.0 Å². The number of para-hydroxylation sites is 2. The molecular weight excluding hydrogens is 258 g/mol. The maximum atomic E-state index is 4.84. The highest BCUT2D eigenvalue weighted by molar-refractivity contribution is 5.75. The van der Waals surface area contributed by atoms with Gasteiger partial charge in [-0.1, -0.05) is 44.7 Å². The lowest BCUT2D eigenvalue weighted by molar-refractivity contribution is 0.470. The summed E-state index contributed by atoms with van der Waals surface area (Å²) < 4.78 is 2.35. The molecule has 0 spiro atoms. The van der Waals surface area contributed by atoms with Crippen molar-refractivity contribution in [2.24, 2.45) is 0 Å². The average molecular weight is 287 g/mol. The molecule has 1 N–H and O–H groups in total. The first-order valence-electron chi connectivity index (χ1n) is 8.41. The van der Waals surface area contributed by atoms with Gasteiger partial charge in [-0.2, -0.15) is 0 Å². The normalized spacial score (nSPS) is 12.9. The van der Waals surface area contributed by atoms with Crippen molar-refractivity contribution in [3.05, 3.63) is 30.1 Å². The second-order valence-corrected chi connectivity index (χ2v) is 5.80. The van der Waals surface area contributed by atoms with Crippen molar-refractivity contribution < 1.29 is 0 Å². The van der Waals surface area contributed by atoms with Crippen LogP contribution in [0.1, 0.15) is 51.8 Å². The van der Waals surface area contributed by atoms with E-state index >= 15 is 0 Å². The van der Waals surface area contributed by atoms with Gasteiger partial charge in [0.1, 0.15) is 5.82 Å². The molecule has 0 saturated carbocycles. The zero-order valence-electron chi connectivity index (χ0n) is 13.7. The highest BCUT2D eigenvalue weighted by Crippen LogP contribution is 2.18. The summed E-state index contributed by atoms with van der Waals surface area (Å²) in [6.45, 7) is 5.45. The molecule has 3 heteroatoms. The van der Waals surface area contributed by atoms with Gasteiger partial charge in [0.25, 0.3) is 0 Å². The standard InChI is InChI=1S/C18H29N3/c1-4-6-7-8-11-15(19-3)14-18-20-16-12-9-10-13-17(16)21(18)5-2/h9-10,12-13,15,19H,4-8,11,14H2,1-3H3. The molecule has 2 rings (SSSR count). The third kappa shape index (κ3) is 4.07. The Morgan fingerprint density at radius 1 is 1.14 bits per heavy atom. The van der Waals surface area contributed by atoms with Crippen LogP contribution in [0.2, 0.25) is 0 Å². The van der Waals surface area contributed by atoms with E-state index < -0.39 is 0 Å². The van der Waals surface area contributed by atoms with Crippen LogP contribution in [-0.2, 0) is 13.0 Å². The number of imidazole rings is 1. The Kier molecular flexibility index (Phi) is 6.24. The van der Waals surface area contributed by atoms with Gasteiger partial charge in [-0.3, -0.25) is 0 Å². The Bertz CT molecular complexity index is 544. The van der Waals surface area contributed by atoms with Gasteiger partial charge in [0.2, 0.25) is 0 Å². The maximum absolute atomic E-state index is 4.84. The van der Waals surface area contributed by atoms with E-state index in [9.17, 15) is 0 Å². The fraction of sp³-hybridized carbons (Fsp3) is 0.611. The van der Waals surface area contributed by atoms with E-state index in [1.54, 1.807) is 0 Å². The number of likely N-dealkylation sites (N-methyl/N-ethyl adjacent to an activating group) is 1. The van der Waals surface area contributed by atoms with Gasteiger partial charge in [0.05, 0.1) is 11.0 Å². The Hall–Kier alpha value is -1.35. The quantitative estimate of drug-likeness (QED) is 0.702. The lowest BCUT2D eigenvalue weighted by atomic mass is 10.0. The number of aromatic nitrogens is 2. The van der Waals surface area contributed by atoms with Crippen molar-refractivity contribution in [1.82, 2.24) is 14.9 Å². The molecule has 0 bridgehead atoms. The Balaban J connectivity index is 2.06. The second-order valence-electron chi connectivity index (χ2n) is 5.80. The van der Waals surface area contributed by atoms with Crippen LogP contribution >= 0.6 is 0 Å². The highest BCUT2D eigenvalue weighted by Gasteiger charge is 2.14. The van der Waals surface area contributed by atoms with Gasteiger partial charge >= 0.3 is 0 Å². The van der Waals surface area contributed by atoms with Crippen LogP contribution in [0.3, 0.4) is 0 Å². The smallest absolute Gasteiger partial charge is 0.111 e. The van der Waals surface area contributed by atoms with Crippen LogP contribution in [0.25, 0.3) is 11.0 Å². The molecular formula is C18H29N3. The van der Waals surface area contributed by atoms with E-state index in [1.165, 1.54) is 43.4 Å². The second kappa shape index (κ2) is 8.18. The van der Waals surface area contributed by atoms with E-state index in [1.807, 2.05) is 0 Å². The third-order valence-electron chi connectivity index (χ3n) is 4.29. The van der Waals surface area contributed by atoms with Crippen molar-refractivity contribution in [2.75, 3.05) is 7.05 Å². The van der Waals surface area contributed by atoms with E-state index in [0.29, 0.717) is 6.04 Å². The monoisotopic (exact) mass is 287 g/mol. The van der Waals surface area contributed by atoms with Gasteiger partial charge in [-0.25, -0.2) is 4.98 Å². The molecule has 116 valence electrons. The summed E-state index contributed by atoms with van der Waals surface area (Å²) in [6, 6.07) is 8.98. The molecule has 0 amide bonds. The van der Waals surface area contributed by atoms with Crippen LogP contribution < -0.4 is 5.32 Å². The van der Waals surface area contributed by atoms with Crippen LogP contribution in [0.15, 0.2) is 24.3 Å². The van der Waals surface area contributed by atoms with Crippen LogP contribution in [0.4, 0.5) is 0 Å². The van der Waals surface area contributed by atoms with E-state index in [2.05, 4.69) is 55.0 Å². The minimum Gasteiger partial charge on any atom is -0.328 e. The summed E-state index contributed by atoms with van der Waals surface area (Å²) in [4.78, 5) is 4.84. The molecule has 0 aliphatic rings. The largest absolute Gasteiger partial charge is 0.328 e. The summed E-state index contributed by atoms with van der Waals surface area (Å²) in [6.07, 6.45) is 7.57. The van der Waals surface area contributed by atoms with Crippen molar-refractivity contribution in [1.29, 1.82) is 0 Å². The molecule has 0 radical (unpaired) electrons. The number of hydrogen-bond donors (Lipinski definition) is 1. The fourth-order valence-electron chi connectivity index (χ4n) is 3.02. The molecule has 21 heavy (non-hydrogen) atoms. The summed E-state index contributed by atoms with van der Waals surface area (Å²) in [5, 5.41) is 3.47. The minimum atomic E-state index is 0.531. The summed E-state index contributed by atoms with van der Waals surface area (Å²) >= 11 is 0. The predicted octanol–water partition coefficient (Wildman–Crippen LogP) is 4.16. The predicted molar refractivity (Wildman–Crippen MR) is 90.7 cm³/mol. The number of rotatable bonds is 9. The van der Waals surface area contributed by atoms with Gasteiger partial charge in [0, 0.05) is 19.0 Å². The molecule has 1 aromatic heterocycles. The maximum Gasteiger partial charge on any atom is 0.111 e. The zero-order chi connectivity index (χ0) is 15.1. The van der Waals surface area contributed by atoms with Gasteiger partial charge in [-0.05, 0) is 32.5 Å². The summed E-state index contributed by atoms with van der Waals surface area (Å²) in [5.74, 6) is 1.22. The number of nitrogens with zero attached hydrogens (tertiary/aromatic N) is 2. The Labute approximate surface area is 128 Å². The van der Waals surface area contributed by atoms with Gasteiger partial charge in [0.15, 0.2) is 0 Å². The van der Waals surface area contributed by atoms with Crippen LogP contribution in [0, 0.1) is 0 Å². The van der Waals surface area contributed by atoms with E-state index in [-0.39, 0.29) is 0 Å². The fourth-order valence-corrected chi connectivity index (χ4v) is 3.02. The third-order valence-corrected chi connectivity index (χ3v) is 4.29. The molecule has 0 aliphatic heterocycles.